The zero-order valence-electron chi connectivity index (χ0n) is 30.6. The predicted octanol–water partition coefficient (Wildman–Crippen LogP) is 2.97. The average Bonchev–Trinajstić information content (AvgIpc) is 3.06. The van der Waals surface area contributed by atoms with Gasteiger partial charge < -0.3 is 39.9 Å². The van der Waals surface area contributed by atoms with Crippen LogP contribution in [-0.2, 0) is 18.6 Å². The molecule has 0 aromatic heterocycles. The van der Waals surface area contributed by atoms with Crippen molar-refractivity contribution in [2.45, 2.75) is 146 Å². The molecule has 0 spiro atoms. The SMILES string of the molecule is CC[C@H]1C=CC(=O)O[C@H]1/C=C/[C@](O)(CCN=C([O-])CCCCCCCCCCCCl)[C@@H](C[C@@H](O)/C=C\C=C/[C@@H]1CCC[C@H](O)C1)OP(=O)(O)O.[Na+]. The van der Waals surface area contributed by atoms with Crippen LogP contribution >= 0.6 is 19.4 Å². The molecule has 7 atom stereocenters. The van der Waals surface area contributed by atoms with Crippen molar-refractivity contribution in [2.75, 3.05) is 12.4 Å². The number of hydrogen-bond donors (Lipinski definition) is 5. The van der Waals surface area contributed by atoms with Gasteiger partial charge in [-0.25, -0.2) is 9.36 Å². The zero-order chi connectivity index (χ0) is 36.8. The number of rotatable bonds is 25. The molecule has 1 saturated carbocycles. The number of unbranched alkanes of at least 4 members (excludes halogenated alkanes) is 8. The van der Waals surface area contributed by atoms with Gasteiger partial charge >= 0.3 is 43.3 Å². The summed E-state index contributed by atoms with van der Waals surface area (Å²) in [6.07, 6.45) is 21.6. The number of esters is 1. The van der Waals surface area contributed by atoms with Gasteiger partial charge in [0.2, 0.25) is 0 Å². The predicted molar refractivity (Wildman–Crippen MR) is 194 cm³/mol. The van der Waals surface area contributed by atoms with Crippen molar-refractivity contribution in [3.63, 3.8) is 0 Å². The van der Waals surface area contributed by atoms with Crippen LogP contribution in [0.3, 0.4) is 0 Å². The Hall–Kier alpha value is -0.820. The maximum absolute atomic E-state index is 12.6. The molecule has 1 heterocycles. The van der Waals surface area contributed by atoms with Crippen molar-refractivity contribution in [1.82, 2.24) is 0 Å². The molecule has 0 aromatic rings. The van der Waals surface area contributed by atoms with Crippen LogP contribution in [0, 0.1) is 11.8 Å². The summed E-state index contributed by atoms with van der Waals surface area (Å²) >= 11 is 5.71. The molecule has 51 heavy (non-hydrogen) atoms. The average molecular weight is 768 g/mol. The number of ether oxygens (including phenoxy) is 1. The van der Waals surface area contributed by atoms with Crippen molar-refractivity contribution in [3.05, 3.63) is 48.6 Å². The van der Waals surface area contributed by atoms with E-state index in [1.807, 2.05) is 13.0 Å². The number of carbonyl (C=O) groups is 1. The van der Waals surface area contributed by atoms with Gasteiger partial charge in [-0.1, -0.05) is 94.7 Å². The van der Waals surface area contributed by atoms with Crippen molar-refractivity contribution in [2.24, 2.45) is 16.8 Å². The Kier molecular flexibility index (Phi) is 25.4. The van der Waals surface area contributed by atoms with E-state index in [4.69, 9.17) is 20.9 Å². The second-order valence-corrected chi connectivity index (χ2v) is 15.1. The largest absolute Gasteiger partial charge is 1.00 e. The van der Waals surface area contributed by atoms with Gasteiger partial charge in [0.15, 0.2) is 0 Å². The number of halogens is 1. The van der Waals surface area contributed by atoms with Crippen LogP contribution in [0.4, 0.5) is 0 Å². The van der Waals surface area contributed by atoms with E-state index in [2.05, 4.69) is 4.99 Å². The van der Waals surface area contributed by atoms with Gasteiger partial charge in [-0.15, -0.1) is 11.6 Å². The molecular formula is C37H60ClNNaO10P. The number of carbonyl (C=O) groups excluding carboxylic acids is 1. The first-order chi connectivity index (χ1) is 23.8. The van der Waals surface area contributed by atoms with E-state index in [-0.39, 0.29) is 72.8 Å². The second-order valence-electron chi connectivity index (χ2n) is 13.6. The maximum Gasteiger partial charge on any atom is 1.00 e. The molecule has 0 saturated heterocycles. The van der Waals surface area contributed by atoms with E-state index in [9.17, 15) is 39.6 Å². The monoisotopic (exact) mass is 767 g/mol. The summed E-state index contributed by atoms with van der Waals surface area (Å²) in [6.45, 7) is 1.75. The molecule has 0 aromatic carbocycles. The van der Waals surface area contributed by atoms with Crippen LogP contribution in [0.1, 0.15) is 116 Å². The summed E-state index contributed by atoms with van der Waals surface area (Å²) in [6, 6.07) is 0. The molecule has 0 unspecified atom stereocenters. The van der Waals surface area contributed by atoms with Crippen LogP contribution in [-0.4, -0.2) is 79.4 Å². The molecule has 0 bridgehead atoms. The molecular weight excluding hydrogens is 708 g/mol. The number of nitrogens with zero attached hydrogens (tertiary/aromatic N) is 1. The topological polar surface area (TPSA) is 189 Å². The van der Waals surface area contributed by atoms with E-state index >= 15 is 0 Å². The number of phosphoric ester groups is 1. The fraction of sp³-hybridized carbons (Fsp3) is 0.730. The van der Waals surface area contributed by atoms with Crippen molar-refractivity contribution in [1.29, 1.82) is 0 Å². The van der Waals surface area contributed by atoms with E-state index in [1.165, 1.54) is 37.1 Å². The van der Waals surface area contributed by atoms with E-state index in [1.54, 1.807) is 18.2 Å². The minimum absolute atomic E-state index is 0. The Bertz CT molecular complexity index is 1180. The van der Waals surface area contributed by atoms with Gasteiger partial charge in [0.05, 0.1) is 12.2 Å². The molecule has 2 aliphatic rings. The molecule has 11 nitrogen and oxygen atoms in total. The number of aliphatic hydroxyl groups excluding tert-OH is 2. The molecule has 1 aliphatic carbocycles. The Balaban J connectivity index is 0.0000130. The summed E-state index contributed by atoms with van der Waals surface area (Å²) in [7, 11) is -5.17. The Labute approximate surface area is 331 Å². The number of hydrogen-bond acceptors (Lipinski definition) is 9. The quantitative estimate of drug-likeness (QED) is 0.0106. The number of phosphoric acid groups is 1. The summed E-state index contributed by atoms with van der Waals surface area (Å²) in [4.78, 5) is 35.6. The minimum Gasteiger partial charge on any atom is -0.862 e. The molecule has 1 aliphatic heterocycles. The summed E-state index contributed by atoms with van der Waals surface area (Å²) in [5, 5.41) is 45.2. The first kappa shape index (κ1) is 48.2. The first-order valence-electron chi connectivity index (χ1n) is 18.4. The minimum atomic E-state index is -5.17. The fourth-order valence-electron chi connectivity index (χ4n) is 6.37. The number of cyclic esters (lactones) is 1. The second kappa shape index (κ2) is 26.9. The Morgan fingerprint density at radius 2 is 1.78 bits per heavy atom. The van der Waals surface area contributed by atoms with Gasteiger partial charge in [-0.2, -0.15) is 0 Å². The zero-order valence-corrected chi connectivity index (χ0v) is 34.2. The van der Waals surface area contributed by atoms with Gasteiger partial charge in [0.25, 0.3) is 0 Å². The fourth-order valence-corrected chi connectivity index (χ4v) is 7.16. The molecule has 14 heteroatoms. The number of allylic oxidation sites excluding steroid dienone is 3. The summed E-state index contributed by atoms with van der Waals surface area (Å²) in [5.74, 6) is -0.164. The van der Waals surface area contributed by atoms with Crippen molar-refractivity contribution >= 4 is 31.3 Å². The molecule has 0 amide bonds. The van der Waals surface area contributed by atoms with E-state index in [0.29, 0.717) is 25.1 Å². The Morgan fingerprint density at radius 1 is 1.12 bits per heavy atom. The van der Waals surface area contributed by atoms with Gasteiger partial charge in [0.1, 0.15) is 17.8 Å². The Morgan fingerprint density at radius 3 is 2.41 bits per heavy atom. The van der Waals surface area contributed by atoms with Crippen LogP contribution in [0.2, 0.25) is 0 Å². The summed E-state index contributed by atoms with van der Waals surface area (Å²) in [5.41, 5.74) is -2.11. The van der Waals surface area contributed by atoms with Crippen molar-refractivity contribution < 1.29 is 78.4 Å². The third kappa shape index (κ3) is 21.6. The van der Waals surface area contributed by atoms with E-state index < -0.39 is 44.1 Å². The smallest absolute Gasteiger partial charge is 0.862 e. The van der Waals surface area contributed by atoms with Gasteiger partial charge in [0, 0.05) is 37.3 Å². The van der Waals surface area contributed by atoms with Gasteiger partial charge in [-0.3, -0.25) is 4.52 Å². The van der Waals surface area contributed by atoms with Crippen molar-refractivity contribution in [3.8, 4) is 0 Å². The summed E-state index contributed by atoms with van der Waals surface area (Å²) < 4.78 is 22.6. The van der Waals surface area contributed by atoms with Crippen LogP contribution in [0.5, 0.6) is 0 Å². The number of aliphatic hydroxyl groups is 3. The first-order valence-corrected chi connectivity index (χ1v) is 20.4. The van der Waals surface area contributed by atoms with Gasteiger partial charge in [-0.05, 0) is 62.8 Å². The van der Waals surface area contributed by atoms with E-state index in [0.717, 1.165) is 57.8 Å². The standard InChI is InChI=1S/C37H61ClNO10P.Na/c1-2-30-20-21-36(43)48-33(30)22-23-37(44,24-26-39-35(42)19-10-8-6-4-3-5-7-9-13-25-38)34(49-50(45,46)47)28-32(41)17-12-11-15-29-16-14-18-31(40)27-29;/h11-12,15,17,20-23,29-34,40-41,44H,2-10,13-14,16,18-19,24-28H2,1H3,(H,39,42)(H2,45,46,47);/q;+1/p-1/b15-11-,17-12-,23-22+;/t29-,30+,31+,32+,33+,34-,37+;/m1./s1. The third-order valence-electron chi connectivity index (χ3n) is 9.32. The molecule has 286 valence electrons. The van der Waals surface area contributed by atoms with Crippen LogP contribution in [0.25, 0.3) is 0 Å². The molecule has 5 N–H and O–H groups in total. The number of alkyl halides is 1. The number of aliphatic imine (C=N–C) groups is 1. The van der Waals surface area contributed by atoms with Crippen LogP contribution < -0.4 is 34.7 Å². The molecule has 0 radical (unpaired) electrons. The maximum atomic E-state index is 12.6. The van der Waals surface area contributed by atoms with Crippen LogP contribution in [0.15, 0.2) is 53.6 Å². The molecule has 1 fully saturated rings. The third-order valence-corrected chi connectivity index (χ3v) is 10.1. The molecule has 2 rings (SSSR count). The normalized spacial score (nSPS) is 24.1.